The van der Waals surface area contributed by atoms with E-state index < -0.39 is 17.8 Å². The van der Waals surface area contributed by atoms with Crippen molar-refractivity contribution in [3.63, 3.8) is 0 Å². The van der Waals surface area contributed by atoms with E-state index in [0.29, 0.717) is 5.56 Å². The number of rotatable bonds is 3. The zero-order chi connectivity index (χ0) is 13.1. The fourth-order valence-corrected chi connectivity index (χ4v) is 1.78. The first kappa shape index (κ1) is 14.0. The minimum atomic E-state index is -4.51. The van der Waals surface area contributed by atoms with Crippen molar-refractivity contribution in [3.05, 3.63) is 28.0 Å². The molecule has 0 atom stereocenters. The molecule has 0 aromatic carbocycles. The SMILES string of the molecule is CCOC(=O)Cc1cnc(C(F)(F)F)c(Br)c1. The Hall–Kier alpha value is -1.11. The Kier molecular flexibility index (Phi) is 4.50. The molecule has 0 aliphatic rings. The van der Waals surface area contributed by atoms with Crippen LogP contribution in [0.5, 0.6) is 0 Å². The van der Waals surface area contributed by atoms with Crippen molar-refractivity contribution in [2.75, 3.05) is 6.61 Å². The van der Waals surface area contributed by atoms with Gasteiger partial charge in [-0.3, -0.25) is 9.78 Å². The lowest BCUT2D eigenvalue weighted by Crippen LogP contribution is -2.11. The van der Waals surface area contributed by atoms with E-state index in [-0.39, 0.29) is 17.5 Å². The van der Waals surface area contributed by atoms with E-state index in [4.69, 9.17) is 0 Å². The van der Waals surface area contributed by atoms with Gasteiger partial charge in [0.25, 0.3) is 0 Å². The molecule has 1 aromatic rings. The Morgan fingerprint density at radius 2 is 2.18 bits per heavy atom. The minimum Gasteiger partial charge on any atom is -0.466 e. The molecule has 0 saturated heterocycles. The van der Waals surface area contributed by atoms with Gasteiger partial charge in [0.2, 0.25) is 0 Å². The number of ether oxygens (including phenoxy) is 1. The smallest absolute Gasteiger partial charge is 0.434 e. The molecular weight excluding hydrogens is 303 g/mol. The van der Waals surface area contributed by atoms with Gasteiger partial charge in [0.1, 0.15) is 0 Å². The van der Waals surface area contributed by atoms with Crippen LogP contribution in [0, 0.1) is 0 Å². The summed E-state index contributed by atoms with van der Waals surface area (Å²) in [4.78, 5) is 14.4. The molecular formula is C10H9BrF3NO2. The predicted octanol–water partition coefficient (Wildman–Crippen LogP) is 2.97. The van der Waals surface area contributed by atoms with Gasteiger partial charge >= 0.3 is 12.1 Å². The van der Waals surface area contributed by atoms with Crippen LogP contribution >= 0.6 is 15.9 Å². The molecule has 0 N–H and O–H groups in total. The van der Waals surface area contributed by atoms with Gasteiger partial charge in [-0.25, -0.2) is 0 Å². The summed E-state index contributed by atoms with van der Waals surface area (Å²) in [7, 11) is 0. The van der Waals surface area contributed by atoms with E-state index in [1.165, 1.54) is 6.07 Å². The molecule has 17 heavy (non-hydrogen) atoms. The number of aromatic nitrogens is 1. The Labute approximate surface area is 104 Å². The Bertz CT molecular complexity index is 421. The number of pyridine rings is 1. The van der Waals surface area contributed by atoms with Gasteiger partial charge < -0.3 is 4.74 Å². The number of nitrogens with zero attached hydrogens (tertiary/aromatic N) is 1. The van der Waals surface area contributed by atoms with Gasteiger partial charge in [-0.05, 0) is 34.5 Å². The van der Waals surface area contributed by atoms with Crippen LogP contribution in [0.2, 0.25) is 0 Å². The molecule has 0 spiro atoms. The van der Waals surface area contributed by atoms with Gasteiger partial charge in [-0.1, -0.05) is 0 Å². The van der Waals surface area contributed by atoms with Crippen LogP contribution in [0.3, 0.4) is 0 Å². The van der Waals surface area contributed by atoms with Crippen molar-refractivity contribution in [3.8, 4) is 0 Å². The highest BCUT2D eigenvalue weighted by Gasteiger charge is 2.34. The summed E-state index contributed by atoms with van der Waals surface area (Å²) in [6.45, 7) is 1.88. The fraction of sp³-hybridized carbons (Fsp3) is 0.400. The zero-order valence-electron chi connectivity index (χ0n) is 8.84. The topological polar surface area (TPSA) is 39.2 Å². The van der Waals surface area contributed by atoms with Crippen LogP contribution in [0.15, 0.2) is 16.7 Å². The second-order valence-electron chi connectivity index (χ2n) is 3.15. The molecule has 1 rings (SSSR count). The number of carbonyl (C=O) groups is 1. The maximum Gasteiger partial charge on any atom is 0.434 e. The van der Waals surface area contributed by atoms with Crippen molar-refractivity contribution in [2.24, 2.45) is 0 Å². The molecule has 0 bridgehead atoms. The summed E-state index contributed by atoms with van der Waals surface area (Å²) < 4.78 is 41.6. The van der Waals surface area contributed by atoms with Gasteiger partial charge in [-0.2, -0.15) is 13.2 Å². The summed E-state index contributed by atoms with van der Waals surface area (Å²) in [6, 6.07) is 1.22. The number of halogens is 4. The highest BCUT2D eigenvalue weighted by atomic mass is 79.9. The summed E-state index contributed by atoms with van der Waals surface area (Å²) in [6.07, 6.45) is -3.59. The lowest BCUT2D eigenvalue weighted by Gasteiger charge is -2.09. The third kappa shape index (κ3) is 3.99. The zero-order valence-corrected chi connectivity index (χ0v) is 10.4. The van der Waals surface area contributed by atoms with E-state index in [9.17, 15) is 18.0 Å². The molecule has 1 heterocycles. The monoisotopic (exact) mass is 311 g/mol. The molecule has 1 aromatic heterocycles. The van der Waals surface area contributed by atoms with Crippen molar-refractivity contribution in [1.82, 2.24) is 4.98 Å². The minimum absolute atomic E-state index is 0.0996. The van der Waals surface area contributed by atoms with Crippen LogP contribution in [0.1, 0.15) is 18.2 Å². The molecule has 0 aliphatic heterocycles. The normalized spacial score (nSPS) is 11.4. The van der Waals surface area contributed by atoms with E-state index in [1.807, 2.05) is 0 Å². The number of carbonyl (C=O) groups excluding carboxylic acids is 1. The number of esters is 1. The third-order valence-corrected chi connectivity index (χ3v) is 2.42. The van der Waals surface area contributed by atoms with Gasteiger partial charge in [0.15, 0.2) is 5.69 Å². The number of hydrogen-bond acceptors (Lipinski definition) is 3. The Balaban J connectivity index is 2.86. The fourth-order valence-electron chi connectivity index (χ4n) is 1.16. The maximum atomic E-state index is 12.4. The molecule has 0 fully saturated rings. The first-order chi connectivity index (χ1) is 7.84. The van der Waals surface area contributed by atoms with Gasteiger partial charge in [-0.15, -0.1) is 0 Å². The molecule has 0 saturated carbocycles. The van der Waals surface area contributed by atoms with Crippen LogP contribution in [-0.4, -0.2) is 17.6 Å². The quantitative estimate of drug-likeness (QED) is 0.806. The maximum absolute atomic E-state index is 12.4. The van der Waals surface area contributed by atoms with Gasteiger partial charge in [0, 0.05) is 10.7 Å². The van der Waals surface area contributed by atoms with E-state index in [0.717, 1.165) is 6.20 Å². The average molecular weight is 312 g/mol. The van der Waals surface area contributed by atoms with Crippen molar-refractivity contribution >= 4 is 21.9 Å². The third-order valence-electron chi connectivity index (χ3n) is 1.82. The Morgan fingerprint density at radius 3 is 2.65 bits per heavy atom. The van der Waals surface area contributed by atoms with Crippen LogP contribution in [0.25, 0.3) is 0 Å². The summed E-state index contributed by atoms with van der Waals surface area (Å²) in [5, 5.41) is 0. The average Bonchev–Trinajstić information content (AvgIpc) is 2.15. The van der Waals surface area contributed by atoms with Crippen LogP contribution in [0.4, 0.5) is 13.2 Å². The summed E-state index contributed by atoms with van der Waals surface area (Å²) in [5.74, 6) is -0.499. The predicted molar refractivity (Wildman–Crippen MR) is 57.3 cm³/mol. The van der Waals surface area contributed by atoms with E-state index >= 15 is 0 Å². The van der Waals surface area contributed by atoms with Gasteiger partial charge in [0.05, 0.1) is 13.0 Å². The first-order valence-electron chi connectivity index (χ1n) is 4.71. The second-order valence-corrected chi connectivity index (χ2v) is 4.01. The molecule has 0 unspecified atom stereocenters. The van der Waals surface area contributed by atoms with Crippen molar-refractivity contribution in [1.29, 1.82) is 0 Å². The number of alkyl halides is 3. The Morgan fingerprint density at radius 1 is 1.53 bits per heavy atom. The summed E-state index contributed by atoms with van der Waals surface area (Å²) in [5.41, 5.74) is -0.645. The second kappa shape index (κ2) is 5.48. The van der Waals surface area contributed by atoms with E-state index in [2.05, 4.69) is 25.7 Å². The lowest BCUT2D eigenvalue weighted by molar-refractivity contribution is -0.142. The van der Waals surface area contributed by atoms with Crippen molar-refractivity contribution < 1.29 is 22.7 Å². The number of hydrogen-bond donors (Lipinski definition) is 0. The van der Waals surface area contributed by atoms with Crippen molar-refractivity contribution in [2.45, 2.75) is 19.5 Å². The molecule has 0 aliphatic carbocycles. The molecule has 3 nitrogen and oxygen atoms in total. The molecule has 0 radical (unpaired) electrons. The largest absolute Gasteiger partial charge is 0.466 e. The molecule has 94 valence electrons. The summed E-state index contributed by atoms with van der Waals surface area (Å²) >= 11 is 2.78. The van der Waals surface area contributed by atoms with Crippen LogP contribution in [-0.2, 0) is 22.1 Å². The first-order valence-corrected chi connectivity index (χ1v) is 5.51. The standard InChI is InChI=1S/C10H9BrF3NO2/c1-2-17-8(16)4-6-3-7(11)9(15-5-6)10(12,13)14/h3,5H,2,4H2,1H3. The van der Waals surface area contributed by atoms with E-state index in [1.54, 1.807) is 6.92 Å². The molecule has 0 amide bonds. The highest BCUT2D eigenvalue weighted by molar-refractivity contribution is 9.10. The van der Waals surface area contributed by atoms with Crippen LogP contribution < -0.4 is 0 Å². The highest BCUT2D eigenvalue weighted by Crippen LogP contribution is 2.33. The lowest BCUT2D eigenvalue weighted by atomic mass is 10.2. The molecule has 7 heteroatoms.